The number of aryl methyl sites for hydroxylation is 1. The van der Waals surface area contributed by atoms with E-state index in [1.54, 1.807) is 18.6 Å². The van der Waals surface area contributed by atoms with E-state index >= 15 is 0 Å². The van der Waals surface area contributed by atoms with Crippen molar-refractivity contribution >= 4 is 22.6 Å². The fraction of sp³-hybridized carbons (Fsp3) is 0.462. The van der Waals surface area contributed by atoms with Gasteiger partial charge in [-0.05, 0) is 25.5 Å². The van der Waals surface area contributed by atoms with Crippen molar-refractivity contribution in [3.05, 3.63) is 29.6 Å². The summed E-state index contributed by atoms with van der Waals surface area (Å²) in [4.78, 5) is 4.28. The zero-order valence-corrected chi connectivity index (χ0v) is 11.5. The molecule has 1 aromatic heterocycles. The molecule has 0 amide bonds. The number of hydrogen-bond donors (Lipinski definition) is 0. The van der Waals surface area contributed by atoms with Gasteiger partial charge in [0, 0.05) is 20.3 Å². The first-order valence-corrected chi connectivity index (χ1v) is 6.47. The van der Waals surface area contributed by atoms with Crippen LogP contribution in [-0.4, -0.2) is 23.3 Å². The average molecular weight is 289 g/mol. The molecule has 0 aliphatic rings. The Balaban J connectivity index is 2.54. The molecule has 0 saturated heterocycles. The molecule has 0 spiro atoms. The number of alkyl halides is 1. The van der Waals surface area contributed by atoms with Crippen LogP contribution in [0.5, 0.6) is 0 Å². The summed E-state index contributed by atoms with van der Waals surface area (Å²) in [5.74, 6) is -1.22. The molecule has 1 unspecified atom stereocenters. The van der Waals surface area contributed by atoms with Gasteiger partial charge in [0.05, 0.1) is 10.9 Å². The Labute approximate surface area is 115 Å². The standard InChI is InChI=1S/C13H15ClF2N2O/c1-8(14)13-17-10-5-4-9(15)11(16)12(10)18(13)6-3-7-19-2/h4-5,8H,3,6-7H2,1-2H3. The van der Waals surface area contributed by atoms with Gasteiger partial charge < -0.3 is 9.30 Å². The fourth-order valence-corrected chi connectivity index (χ4v) is 2.24. The second-order valence-electron chi connectivity index (χ2n) is 4.31. The van der Waals surface area contributed by atoms with Crippen LogP contribution in [0, 0.1) is 11.6 Å². The highest BCUT2D eigenvalue weighted by Gasteiger charge is 2.19. The highest BCUT2D eigenvalue weighted by molar-refractivity contribution is 6.20. The molecule has 6 heteroatoms. The van der Waals surface area contributed by atoms with E-state index in [1.807, 2.05) is 0 Å². The zero-order valence-electron chi connectivity index (χ0n) is 10.8. The number of ether oxygens (including phenoxy) is 1. The van der Waals surface area contributed by atoms with Gasteiger partial charge in [0.1, 0.15) is 11.3 Å². The van der Waals surface area contributed by atoms with E-state index in [0.717, 1.165) is 6.07 Å². The van der Waals surface area contributed by atoms with E-state index in [1.165, 1.54) is 6.07 Å². The van der Waals surface area contributed by atoms with Gasteiger partial charge in [0.25, 0.3) is 0 Å². The summed E-state index contributed by atoms with van der Waals surface area (Å²) in [6, 6.07) is 2.54. The molecule has 0 N–H and O–H groups in total. The first-order chi connectivity index (χ1) is 9.06. The first-order valence-electron chi connectivity index (χ1n) is 6.03. The lowest BCUT2D eigenvalue weighted by Gasteiger charge is -2.10. The van der Waals surface area contributed by atoms with Gasteiger partial charge in [-0.2, -0.15) is 0 Å². The summed E-state index contributed by atoms with van der Waals surface area (Å²) in [5, 5.41) is -0.377. The summed E-state index contributed by atoms with van der Waals surface area (Å²) in [6.45, 7) is 2.77. The number of nitrogens with zero attached hydrogens (tertiary/aromatic N) is 2. The van der Waals surface area contributed by atoms with Crippen molar-refractivity contribution in [1.29, 1.82) is 0 Å². The lowest BCUT2D eigenvalue weighted by molar-refractivity contribution is 0.190. The van der Waals surface area contributed by atoms with Crippen LogP contribution in [0.25, 0.3) is 11.0 Å². The number of methoxy groups -OCH3 is 1. The highest BCUT2D eigenvalue weighted by Crippen LogP contribution is 2.27. The molecule has 2 aromatic rings. The SMILES string of the molecule is COCCCn1c(C(C)Cl)nc2ccc(F)c(F)c21. The molecule has 1 heterocycles. The van der Waals surface area contributed by atoms with Crippen LogP contribution in [0.15, 0.2) is 12.1 Å². The summed E-state index contributed by atoms with van der Waals surface area (Å²) in [6.07, 6.45) is 0.675. The van der Waals surface area contributed by atoms with Crippen molar-refractivity contribution < 1.29 is 13.5 Å². The maximum atomic E-state index is 13.9. The number of benzene rings is 1. The van der Waals surface area contributed by atoms with Crippen molar-refractivity contribution in [2.24, 2.45) is 0 Å². The van der Waals surface area contributed by atoms with E-state index in [4.69, 9.17) is 16.3 Å². The number of imidazole rings is 1. The van der Waals surface area contributed by atoms with E-state index < -0.39 is 11.6 Å². The van der Waals surface area contributed by atoms with Gasteiger partial charge in [0.15, 0.2) is 11.6 Å². The summed E-state index contributed by atoms with van der Waals surface area (Å²) >= 11 is 6.05. The number of aromatic nitrogens is 2. The van der Waals surface area contributed by atoms with Crippen molar-refractivity contribution in [3.63, 3.8) is 0 Å². The Morgan fingerprint density at radius 1 is 1.42 bits per heavy atom. The number of fused-ring (bicyclic) bond motifs is 1. The van der Waals surface area contributed by atoms with Gasteiger partial charge in [-0.3, -0.25) is 0 Å². The maximum Gasteiger partial charge on any atom is 0.184 e. The van der Waals surface area contributed by atoms with Gasteiger partial charge in [-0.25, -0.2) is 13.8 Å². The second-order valence-corrected chi connectivity index (χ2v) is 4.97. The Morgan fingerprint density at radius 2 is 2.16 bits per heavy atom. The molecule has 1 aromatic carbocycles. The fourth-order valence-electron chi connectivity index (χ4n) is 2.07. The van der Waals surface area contributed by atoms with Gasteiger partial charge in [0.2, 0.25) is 0 Å². The van der Waals surface area contributed by atoms with E-state index in [-0.39, 0.29) is 10.9 Å². The van der Waals surface area contributed by atoms with E-state index in [2.05, 4.69) is 4.98 Å². The number of hydrogen-bond acceptors (Lipinski definition) is 2. The van der Waals surface area contributed by atoms with E-state index in [0.29, 0.717) is 30.9 Å². The molecule has 1 atom stereocenters. The predicted octanol–water partition coefficient (Wildman–Crippen LogP) is 3.65. The third-order valence-electron chi connectivity index (χ3n) is 2.92. The molecular weight excluding hydrogens is 274 g/mol. The molecular formula is C13H15ClF2N2O. The predicted molar refractivity (Wildman–Crippen MR) is 70.4 cm³/mol. The van der Waals surface area contributed by atoms with E-state index in [9.17, 15) is 8.78 Å². The van der Waals surface area contributed by atoms with Crippen molar-refractivity contribution in [2.75, 3.05) is 13.7 Å². The molecule has 0 radical (unpaired) electrons. The largest absolute Gasteiger partial charge is 0.385 e. The summed E-state index contributed by atoms with van der Waals surface area (Å²) in [7, 11) is 1.59. The molecule has 0 aliphatic carbocycles. The quantitative estimate of drug-likeness (QED) is 0.620. The summed E-state index contributed by atoms with van der Waals surface area (Å²) in [5.41, 5.74) is 0.581. The molecule has 2 rings (SSSR count). The molecule has 0 aliphatic heterocycles. The Morgan fingerprint density at radius 3 is 2.79 bits per heavy atom. The number of rotatable bonds is 5. The lowest BCUT2D eigenvalue weighted by Crippen LogP contribution is -2.07. The normalized spacial score (nSPS) is 13.1. The van der Waals surface area contributed by atoms with Crippen LogP contribution < -0.4 is 0 Å². The third-order valence-corrected chi connectivity index (χ3v) is 3.11. The zero-order chi connectivity index (χ0) is 14.0. The van der Waals surface area contributed by atoms with Gasteiger partial charge in [-0.15, -0.1) is 11.6 Å². The van der Waals surface area contributed by atoms with Crippen molar-refractivity contribution in [2.45, 2.75) is 25.3 Å². The molecule has 19 heavy (non-hydrogen) atoms. The summed E-state index contributed by atoms with van der Waals surface area (Å²) < 4.78 is 33.9. The monoisotopic (exact) mass is 288 g/mol. The third kappa shape index (κ3) is 2.72. The minimum Gasteiger partial charge on any atom is -0.385 e. The van der Waals surface area contributed by atoms with Crippen LogP contribution in [0.3, 0.4) is 0 Å². The molecule has 104 valence electrons. The highest BCUT2D eigenvalue weighted by atomic mass is 35.5. The van der Waals surface area contributed by atoms with Crippen LogP contribution in [0.1, 0.15) is 24.5 Å². The molecule has 0 fully saturated rings. The van der Waals surface area contributed by atoms with Crippen LogP contribution in [0.4, 0.5) is 8.78 Å². The Kier molecular flexibility index (Phi) is 4.37. The topological polar surface area (TPSA) is 27.1 Å². The van der Waals surface area contributed by atoms with Crippen LogP contribution in [0.2, 0.25) is 0 Å². The van der Waals surface area contributed by atoms with Crippen LogP contribution in [-0.2, 0) is 11.3 Å². The molecule has 0 saturated carbocycles. The number of halogens is 3. The minimum atomic E-state index is -0.883. The first kappa shape index (κ1) is 14.2. The van der Waals surface area contributed by atoms with Crippen molar-refractivity contribution in [1.82, 2.24) is 9.55 Å². The Bertz CT molecular complexity index is 584. The maximum absolute atomic E-state index is 13.9. The molecule has 3 nitrogen and oxygen atoms in total. The Hall–Kier alpha value is -1.20. The van der Waals surface area contributed by atoms with Gasteiger partial charge >= 0.3 is 0 Å². The minimum absolute atomic E-state index is 0.165. The second kappa shape index (κ2) is 5.84. The van der Waals surface area contributed by atoms with Gasteiger partial charge in [-0.1, -0.05) is 0 Å². The smallest absolute Gasteiger partial charge is 0.184 e. The average Bonchev–Trinajstić information content (AvgIpc) is 2.74. The molecule has 0 bridgehead atoms. The van der Waals surface area contributed by atoms with Crippen molar-refractivity contribution in [3.8, 4) is 0 Å². The van der Waals surface area contributed by atoms with Crippen LogP contribution >= 0.6 is 11.6 Å². The lowest BCUT2D eigenvalue weighted by atomic mass is 10.3.